The molecule has 0 bridgehead atoms. The van der Waals surface area contributed by atoms with Gasteiger partial charge in [-0.1, -0.05) is 18.2 Å². The smallest absolute Gasteiger partial charge is 0.119 e. The van der Waals surface area contributed by atoms with Crippen LogP contribution in [0.1, 0.15) is 11.1 Å². The average molecular weight is 223 g/mol. The predicted octanol–water partition coefficient (Wildman–Crippen LogP) is 3.54. The maximum Gasteiger partial charge on any atom is 0.119 e. The lowest BCUT2D eigenvalue weighted by Crippen LogP contribution is -1.87. The van der Waals surface area contributed by atoms with Crippen LogP contribution in [0.3, 0.4) is 0 Å². The zero-order valence-electron chi connectivity index (χ0n) is 9.90. The highest BCUT2D eigenvalue weighted by atomic mass is 16.5. The molecule has 0 spiro atoms. The molecule has 0 atom stereocenters. The summed E-state index contributed by atoms with van der Waals surface area (Å²) in [5.74, 6) is 0.823. The lowest BCUT2D eigenvalue weighted by Gasteiger charge is -2.08. The van der Waals surface area contributed by atoms with Crippen molar-refractivity contribution in [2.75, 3.05) is 7.11 Å². The van der Waals surface area contributed by atoms with Crippen LogP contribution in [0.15, 0.2) is 42.5 Å². The van der Waals surface area contributed by atoms with Gasteiger partial charge in [0.1, 0.15) is 5.75 Å². The third kappa shape index (κ3) is 2.29. The van der Waals surface area contributed by atoms with E-state index >= 15 is 0 Å². The SMILES string of the molecule is COc1cccc(-c2cc(C#N)ccc2C)c1. The monoisotopic (exact) mass is 223 g/mol. The molecule has 2 nitrogen and oxygen atoms in total. The molecule has 0 heterocycles. The van der Waals surface area contributed by atoms with Crippen molar-refractivity contribution in [2.24, 2.45) is 0 Å². The minimum absolute atomic E-state index is 0.674. The van der Waals surface area contributed by atoms with Crippen LogP contribution in [0.4, 0.5) is 0 Å². The lowest BCUT2D eigenvalue weighted by atomic mass is 9.98. The van der Waals surface area contributed by atoms with E-state index in [1.807, 2.05) is 49.4 Å². The topological polar surface area (TPSA) is 33.0 Å². The van der Waals surface area contributed by atoms with Gasteiger partial charge in [0.15, 0.2) is 0 Å². The van der Waals surface area contributed by atoms with Gasteiger partial charge in [-0.25, -0.2) is 0 Å². The first-order valence-corrected chi connectivity index (χ1v) is 5.40. The number of nitrogens with zero attached hydrogens (tertiary/aromatic N) is 1. The number of hydrogen-bond acceptors (Lipinski definition) is 2. The van der Waals surface area contributed by atoms with Gasteiger partial charge in [-0.2, -0.15) is 5.26 Å². The Balaban J connectivity index is 2.55. The molecular weight excluding hydrogens is 210 g/mol. The highest BCUT2D eigenvalue weighted by Gasteiger charge is 2.04. The Morgan fingerprint density at radius 2 is 1.94 bits per heavy atom. The molecular formula is C15H13NO. The summed E-state index contributed by atoms with van der Waals surface area (Å²) in [6.45, 7) is 2.04. The second-order valence-corrected chi connectivity index (χ2v) is 3.87. The van der Waals surface area contributed by atoms with E-state index < -0.39 is 0 Å². The average Bonchev–Trinajstić information content (AvgIpc) is 2.39. The molecule has 0 aromatic heterocycles. The summed E-state index contributed by atoms with van der Waals surface area (Å²) in [6, 6.07) is 15.7. The number of hydrogen-bond donors (Lipinski definition) is 0. The van der Waals surface area contributed by atoms with E-state index in [-0.39, 0.29) is 0 Å². The minimum Gasteiger partial charge on any atom is -0.497 e. The standard InChI is InChI=1S/C15H13NO/c1-11-6-7-12(10-16)8-15(11)13-4-3-5-14(9-13)17-2/h3-9H,1-2H3. The number of methoxy groups -OCH3 is 1. The first kappa shape index (κ1) is 11.2. The van der Waals surface area contributed by atoms with Crippen LogP contribution in [0, 0.1) is 18.3 Å². The van der Waals surface area contributed by atoms with Gasteiger partial charge in [-0.05, 0) is 47.9 Å². The molecule has 0 amide bonds. The Hall–Kier alpha value is -2.27. The van der Waals surface area contributed by atoms with Crippen LogP contribution >= 0.6 is 0 Å². The van der Waals surface area contributed by atoms with Gasteiger partial charge >= 0.3 is 0 Å². The van der Waals surface area contributed by atoms with Crippen LogP contribution in [0.2, 0.25) is 0 Å². The normalized spacial score (nSPS) is 9.71. The van der Waals surface area contributed by atoms with E-state index in [4.69, 9.17) is 10.00 Å². The van der Waals surface area contributed by atoms with Crippen LogP contribution in [-0.4, -0.2) is 7.11 Å². The van der Waals surface area contributed by atoms with Crippen molar-refractivity contribution in [1.29, 1.82) is 5.26 Å². The first-order chi connectivity index (χ1) is 8.24. The fourth-order valence-corrected chi connectivity index (χ4v) is 1.79. The van der Waals surface area contributed by atoms with E-state index in [2.05, 4.69) is 6.07 Å². The summed E-state index contributed by atoms with van der Waals surface area (Å²) in [5, 5.41) is 8.93. The number of rotatable bonds is 2. The Kier molecular flexibility index (Phi) is 3.11. The molecule has 0 fully saturated rings. The fraction of sp³-hybridized carbons (Fsp3) is 0.133. The molecule has 0 aliphatic heterocycles. The minimum atomic E-state index is 0.674. The molecule has 0 radical (unpaired) electrons. The molecule has 17 heavy (non-hydrogen) atoms. The van der Waals surface area contributed by atoms with E-state index in [9.17, 15) is 0 Å². The Labute approximate surface area is 101 Å². The van der Waals surface area contributed by atoms with Gasteiger partial charge in [0.25, 0.3) is 0 Å². The third-order valence-electron chi connectivity index (χ3n) is 2.75. The molecule has 2 aromatic carbocycles. The van der Waals surface area contributed by atoms with E-state index in [0.29, 0.717) is 5.56 Å². The Morgan fingerprint density at radius 1 is 1.12 bits per heavy atom. The van der Waals surface area contributed by atoms with Gasteiger partial charge in [0.05, 0.1) is 18.7 Å². The van der Waals surface area contributed by atoms with Crippen LogP contribution in [0.25, 0.3) is 11.1 Å². The molecule has 2 aromatic rings. The largest absolute Gasteiger partial charge is 0.497 e. The van der Waals surface area contributed by atoms with Gasteiger partial charge in [-0.3, -0.25) is 0 Å². The molecule has 84 valence electrons. The maximum atomic E-state index is 8.93. The van der Waals surface area contributed by atoms with Gasteiger partial charge in [0.2, 0.25) is 0 Å². The van der Waals surface area contributed by atoms with Crippen LogP contribution in [-0.2, 0) is 0 Å². The summed E-state index contributed by atoms with van der Waals surface area (Å²) in [7, 11) is 1.65. The van der Waals surface area contributed by atoms with Crippen molar-refractivity contribution in [1.82, 2.24) is 0 Å². The fourth-order valence-electron chi connectivity index (χ4n) is 1.79. The molecule has 0 unspecified atom stereocenters. The van der Waals surface area contributed by atoms with Crippen molar-refractivity contribution in [3.05, 3.63) is 53.6 Å². The summed E-state index contributed by atoms with van der Waals surface area (Å²) in [6.07, 6.45) is 0. The third-order valence-corrected chi connectivity index (χ3v) is 2.75. The maximum absolute atomic E-state index is 8.93. The van der Waals surface area contributed by atoms with Gasteiger partial charge in [0, 0.05) is 0 Å². The second-order valence-electron chi connectivity index (χ2n) is 3.87. The van der Waals surface area contributed by atoms with E-state index in [1.165, 1.54) is 0 Å². The molecule has 0 aliphatic rings. The van der Waals surface area contributed by atoms with Crippen molar-refractivity contribution in [3.8, 4) is 22.9 Å². The van der Waals surface area contributed by atoms with Crippen molar-refractivity contribution < 1.29 is 4.74 Å². The van der Waals surface area contributed by atoms with Gasteiger partial charge < -0.3 is 4.74 Å². The predicted molar refractivity (Wildman–Crippen MR) is 67.9 cm³/mol. The quantitative estimate of drug-likeness (QED) is 0.780. The second kappa shape index (κ2) is 4.71. The number of ether oxygens (including phenoxy) is 1. The Morgan fingerprint density at radius 3 is 2.65 bits per heavy atom. The highest BCUT2D eigenvalue weighted by molar-refractivity contribution is 5.70. The number of benzene rings is 2. The highest BCUT2D eigenvalue weighted by Crippen LogP contribution is 2.27. The molecule has 0 saturated heterocycles. The van der Waals surface area contributed by atoms with E-state index in [1.54, 1.807) is 7.11 Å². The molecule has 2 rings (SSSR count). The summed E-state index contributed by atoms with van der Waals surface area (Å²) in [5.41, 5.74) is 3.97. The van der Waals surface area contributed by atoms with Crippen LogP contribution < -0.4 is 4.74 Å². The molecule has 2 heteroatoms. The molecule has 0 aliphatic carbocycles. The van der Waals surface area contributed by atoms with E-state index in [0.717, 1.165) is 22.4 Å². The molecule has 0 saturated carbocycles. The molecule has 0 N–H and O–H groups in total. The number of aryl methyl sites for hydroxylation is 1. The zero-order chi connectivity index (χ0) is 12.3. The first-order valence-electron chi connectivity index (χ1n) is 5.40. The van der Waals surface area contributed by atoms with Crippen molar-refractivity contribution >= 4 is 0 Å². The van der Waals surface area contributed by atoms with Crippen molar-refractivity contribution in [3.63, 3.8) is 0 Å². The van der Waals surface area contributed by atoms with Crippen molar-refractivity contribution in [2.45, 2.75) is 6.92 Å². The summed E-state index contributed by atoms with van der Waals surface area (Å²) < 4.78 is 5.21. The van der Waals surface area contributed by atoms with Crippen LogP contribution in [0.5, 0.6) is 5.75 Å². The Bertz CT molecular complexity index is 582. The summed E-state index contributed by atoms with van der Waals surface area (Å²) in [4.78, 5) is 0. The summed E-state index contributed by atoms with van der Waals surface area (Å²) >= 11 is 0. The lowest BCUT2D eigenvalue weighted by molar-refractivity contribution is 0.415. The van der Waals surface area contributed by atoms with Gasteiger partial charge in [-0.15, -0.1) is 0 Å². The zero-order valence-corrected chi connectivity index (χ0v) is 9.90. The number of nitriles is 1.